The van der Waals surface area contributed by atoms with Crippen LogP contribution in [-0.4, -0.2) is 18.3 Å². The summed E-state index contributed by atoms with van der Waals surface area (Å²) in [4.78, 5) is 4.23. The van der Waals surface area contributed by atoms with E-state index in [1.165, 1.54) is 0 Å². The lowest BCUT2D eigenvalue weighted by Gasteiger charge is -1.91. The van der Waals surface area contributed by atoms with Crippen molar-refractivity contribution in [1.82, 2.24) is 0 Å². The lowest BCUT2D eigenvalue weighted by Crippen LogP contribution is -1.98. The monoisotopic (exact) mass is 153 g/mol. The molecule has 56 valence electrons. The second-order valence-corrected chi connectivity index (χ2v) is 1.54. The first-order chi connectivity index (χ1) is 3.81. The van der Waals surface area contributed by atoms with Crippen molar-refractivity contribution >= 4 is 12.4 Å². The van der Waals surface area contributed by atoms with Crippen LogP contribution in [0.15, 0.2) is 11.6 Å². The van der Waals surface area contributed by atoms with Gasteiger partial charge < -0.3 is 9.94 Å². The van der Waals surface area contributed by atoms with Crippen molar-refractivity contribution < 1.29 is 9.94 Å². The number of hydrogen-bond acceptors (Lipinski definition) is 3. The van der Waals surface area contributed by atoms with E-state index in [-0.39, 0.29) is 19.0 Å². The Hall–Kier alpha value is -0.0900. The summed E-state index contributed by atoms with van der Waals surface area (Å²) in [6.07, 6.45) is 1.72. The number of hydrogen-bond donors (Lipinski definition) is 2. The molecule has 0 aromatic carbocycles. The molecule has 0 spiro atoms. The first-order valence-electron chi connectivity index (χ1n) is 2.39. The molecule has 0 saturated carbocycles. The molecule has 3 N–H and O–H groups in total. The summed E-state index contributed by atoms with van der Waals surface area (Å²) in [7, 11) is 0. The molecule has 0 aromatic heterocycles. The van der Waals surface area contributed by atoms with Crippen molar-refractivity contribution in [2.75, 3.05) is 13.2 Å². The zero-order valence-corrected chi connectivity index (χ0v) is 6.15. The minimum Gasteiger partial charge on any atom is -0.392 e. The summed E-state index contributed by atoms with van der Waals surface area (Å²) >= 11 is 0. The Morgan fingerprint density at radius 3 is 2.67 bits per heavy atom. The molecule has 0 aliphatic heterocycles. The maximum Gasteiger partial charge on any atom is 0.0864 e. The van der Waals surface area contributed by atoms with Gasteiger partial charge in [0.1, 0.15) is 0 Å². The third-order valence-corrected chi connectivity index (χ3v) is 0.777. The molecule has 0 saturated heterocycles. The van der Waals surface area contributed by atoms with E-state index in [4.69, 9.17) is 11.0 Å². The molecule has 0 aliphatic carbocycles. The zero-order valence-electron chi connectivity index (χ0n) is 5.33. The van der Waals surface area contributed by atoms with Crippen molar-refractivity contribution in [1.29, 1.82) is 0 Å². The van der Waals surface area contributed by atoms with E-state index in [2.05, 4.69) is 4.84 Å². The highest BCUT2D eigenvalue weighted by Gasteiger charge is 1.81. The van der Waals surface area contributed by atoms with Gasteiger partial charge in [-0.05, 0) is 12.5 Å². The molecule has 0 bridgehead atoms. The topological polar surface area (TPSA) is 55.5 Å². The third-order valence-electron chi connectivity index (χ3n) is 0.777. The standard InChI is InChI=1S/C5H11NO2.ClH/c1-5(4-7)2-3-8-6;/h2,7H,3-4,6H2,1H3;1H. The smallest absolute Gasteiger partial charge is 0.0864 e. The van der Waals surface area contributed by atoms with Gasteiger partial charge in [-0.25, -0.2) is 5.90 Å². The molecule has 0 rings (SSSR count). The molecule has 9 heavy (non-hydrogen) atoms. The van der Waals surface area contributed by atoms with Gasteiger partial charge in [0.05, 0.1) is 13.2 Å². The van der Waals surface area contributed by atoms with Gasteiger partial charge in [-0.1, -0.05) is 6.08 Å². The predicted octanol–water partition coefficient (Wildman–Crippen LogP) is 0.237. The average molecular weight is 154 g/mol. The van der Waals surface area contributed by atoms with E-state index >= 15 is 0 Å². The summed E-state index contributed by atoms with van der Waals surface area (Å²) < 4.78 is 0. The van der Waals surface area contributed by atoms with Crippen LogP contribution in [0, 0.1) is 0 Å². The molecular weight excluding hydrogens is 142 g/mol. The van der Waals surface area contributed by atoms with E-state index in [1.807, 2.05) is 0 Å². The van der Waals surface area contributed by atoms with Crippen molar-refractivity contribution in [3.63, 3.8) is 0 Å². The van der Waals surface area contributed by atoms with Crippen LogP contribution >= 0.6 is 12.4 Å². The van der Waals surface area contributed by atoms with Crippen LogP contribution in [0.5, 0.6) is 0 Å². The van der Waals surface area contributed by atoms with E-state index in [0.717, 1.165) is 5.57 Å². The molecule has 0 atom stereocenters. The number of aliphatic hydroxyl groups excluding tert-OH is 1. The van der Waals surface area contributed by atoms with Gasteiger partial charge in [-0.2, -0.15) is 0 Å². The fourth-order valence-corrected chi connectivity index (χ4v) is 0.255. The first-order valence-corrected chi connectivity index (χ1v) is 2.39. The largest absolute Gasteiger partial charge is 0.392 e. The highest BCUT2D eigenvalue weighted by molar-refractivity contribution is 5.85. The van der Waals surface area contributed by atoms with Crippen LogP contribution in [0.1, 0.15) is 6.92 Å². The minimum absolute atomic E-state index is 0. The summed E-state index contributed by atoms with van der Waals surface area (Å²) in [5.74, 6) is 4.71. The van der Waals surface area contributed by atoms with Gasteiger partial charge >= 0.3 is 0 Å². The van der Waals surface area contributed by atoms with E-state index in [1.54, 1.807) is 13.0 Å². The van der Waals surface area contributed by atoms with Gasteiger partial charge in [-0.3, -0.25) is 0 Å². The number of aliphatic hydroxyl groups is 1. The SMILES string of the molecule is CC(=CCON)CO.Cl. The molecule has 3 nitrogen and oxygen atoms in total. The minimum atomic E-state index is 0. The van der Waals surface area contributed by atoms with Gasteiger partial charge in [0, 0.05) is 0 Å². The molecule has 4 heteroatoms. The Kier molecular flexibility index (Phi) is 10.3. The summed E-state index contributed by atoms with van der Waals surface area (Å²) in [6.45, 7) is 2.24. The van der Waals surface area contributed by atoms with Crippen molar-refractivity contribution in [2.45, 2.75) is 6.92 Å². The Labute approximate surface area is 60.9 Å². The maximum absolute atomic E-state index is 8.40. The van der Waals surface area contributed by atoms with Crippen LogP contribution in [0.4, 0.5) is 0 Å². The molecule has 0 unspecified atom stereocenters. The fourth-order valence-electron chi connectivity index (χ4n) is 0.255. The van der Waals surface area contributed by atoms with E-state index < -0.39 is 0 Å². The lowest BCUT2D eigenvalue weighted by molar-refractivity contribution is 0.167. The molecule has 0 heterocycles. The Morgan fingerprint density at radius 1 is 1.78 bits per heavy atom. The summed E-state index contributed by atoms with van der Waals surface area (Å²) in [6, 6.07) is 0. The molecular formula is C5H12ClNO2. The average Bonchev–Trinajstić information content (AvgIpc) is 1.83. The van der Waals surface area contributed by atoms with Gasteiger partial charge in [0.2, 0.25) is 0 Å². The number of rotatable bonds is 3. The number of halogens is 1. The fraction of sp³-hybridized carbons (Fsp3) is 0.600. The van der Waals surface area contributed by atoms with E-state index in [9.17, 15) is 0 Å². The molecule has 0 fully saturated rings. The van der Waals surface area contributed by atoms with Crippen LogP contribution in [-0.2, 0) is 4.84 Å². The molecule has 0 amide bonds. The Balaban J connectivity index is 0. The highest BCUT2D eigenvalue weighted by atomic mass is 35.5. The number of nitrogens with two attached hydrogens (primary N) is 1. The Bertz CT molecular complexity index is 85.0. The summed E-state index contributed by atoms with van der Waals surface area (Å²) in [5, 5.41) is 8.40. The Morgan fingerprint density at radius 2 is 2.33 bits per heavy atom. The van der Waals surface area contributed by atoms with Crippen LogP contribution in [0.2, 0.25) is 0 Å². The van der Waals surface area contributed by atoms with Crippen LogP contribution < -0.4 is 5.90 Å². The van der Waals surface area contributed by atoms with Crippen LogP contribution in [0.3, 0.4) is 0 Å². The van der Waals surface area contributed by atoms with Gasteiger partial charge in [0.15, 0.2) is 0 Å². The molecule has 0 aromatic rings. The maximum atomic E-state index is 8.40. The van der Waals surface area contributed by atoms with Crippen molar-refractivity contribution in [2.24, 2.45) is 5.90 Å². The van der Waals surface area contributed by atoms with Crippen LogP contribution in [0.25, 0.3) is 0 Å². The summed E-state index contributed by atoms with van der Waals surface area (Å²) in [5.41, 5.74) is 0.871. The molecule has 0 aliphatic rings. The second kappa shape index (κ2) is 7.91. The van der Waals surface area contributed by atoms with Gasteiger partial charge in [0.25, 0.3) is 0 Å². The zero-order chi connectivity index (χ0) is 6.41. The quantitative estimate of drug-likeness (QED) is 0.451. The molecule has 0 radical (unpaired) electrons. The lowest BCUT2D eigenvalue weighted by atomic mass is 10.3. The highest BCUT2D eigenvalue weighted by Crippen LogP contribution is 1.86. The third kappa shape index (κ3) is 7.91. The van der Waals surface area contributed by atoms with Crippen molar-refractivity contribution in [3.8, 4) is 0 Å². The van der Waals surface area contributed by atoms with E-state index in [0.29, 0.717) is 6.61 Å². The van der Waals surface area contributed by atoms with Crippen molar-refractivity contribution in [3.05, 3.63) is 11.6 Å². The predicted molar refractivity (Wildman–Crippen MR) is 38.2 cm³/mol. The second-order valence-electron chi connectivity index (χ2n) is 1.54. The van der Waals surface area contributed by atoms with Gasteiger partial charge in [-0.15, -0.1) is 12.4 Å². The normalized spacial score (nSPS) is 10.8. The first kappa shape index (κ1) is 11.7.